The normalized spacial score (nSPS) is 9.96. The van der Waals surface area contributed by atoms with Gasteiger partial charge in [0.25, 0.3) is 11.8 Å². The molecular formula is C18H18BrN3O3S. The molecule has 0 bridgehead atoms. The van der Waals surface area contributed by atoms with Crippen molar-refractivity contribution in [2.24, 2.45) is 0 Å². The molecule has 2 amide bonds. The molecule has 0 radical (unpaired) electrons. The summed E-state index contributed by atoms with van der Waals surface area (Å²) in [5, 5.41) is 2.47. The fourth-order valence-electron chi connectivity index (χ4n) is 1.93. The summed E-state index contributed by atoms with van der Waals surface area (Å²) in [5.41, 5.74) is 7.35. The van der Waals surface area contributed by atoms with E-state index in [4.69, 9.17) is 17.0 Å². The van der Waals surface area contributed by atoms with E-state index in [2.05, 4.69) is 32.1 Å². The number of rotatable bonds is 4. The van der Waals surface area contributed by atoms with Gasteiger partial charge < -0.3 is 4.74 Å². The van der Waals surface area contributed by atoms with Crippen molar-refractivity contribution >= 4 is 45.1 Å². The molecule has 6 nitrogen and oxygen atoms in total. The average Bonchev–Trinajstić information content (AvgIpc) is 2.61. The highest BCUT2D eigenvalue weighted by atomic mass is 79.9. The summed E-state index contributed by atoms with van der Waals surface area (Å²) in [7, 11) is 0. The zero-order valence-corrected chi connectivity index (χ0v) is 16.7. The summed E-state index contributed by atoms with van der Waals surface area (Å²) in [6, 6.07) is 12.5. The standard InChI is InChI=1S/C18H18BrN3O3S/c1-11-3-5-13(6-4-11)17(24)20-18(26)22-21-16(23)10-25-14-7-8-15(19)12(2)9-14/h3-9H,10H2,1-2H3,(H,21,23)(H2,20,22,24,26). The van der Waals surface area contributed by atoms with Gasteiger partial charge in [-0.1, -0.05) is 33.6 Å². The van der Waals surface area contributed by atoms with Crippen molar-refractivity contribution in [3.05, 3.63) is 63.6 Å². The Labute approximate surface area is 165 Å². The van der Waals surface area contributed by atoms with Crippen molar-refractivity contribution in [3.8, 4) is 5.75 Å². The largest absolute Gasteiger partial charge is 0.484 e. The number of carbonyl (C=O) groups excluding carboxylic acids is 2. The molecule has 0 atom stereocenters. The van der Waals surface area contributed by atoms with Gasteiger partial charge in [0.2, 0.25) is 0 Å². The fraction of sp³-hybridized carbons (Fsp3) is 0.167. The van der Waals surface area contributed by atoms with E-state index in [0.717, 1.165) is 15.6 Å². The van der Waals surface area contributed by atoms with E-state index in [9.17, 15) is 9.59 Å². The van der Waals surface area contributed by atoms with Crippen LogP contribution in [0.1, 0.15) is 21.5 Å². The third kappa shape index (κ3) is 6.12. The first-order valence-electron chi connectivity index (χ1n) is 7.71. The van der Waals surface area contributed by atoms with Gasteiger partial charge in [-0.2, -0.15) is 0 Å². The molecule has 8 heteroatoms. The summed E-state index contributed by atoms with van der Waals surface area (Å²) in [6.45, 7) is 3.66. The molecule has 0 heterocycles. The summed E-state index contributed by atoms with van der Waals surface area (Å²) >= 11 is 8.38. The fourth-order valence-corrected chi connectivity index (χ4v) is 2.32. The molecule has 136 valence electrons. The molecule has 2 rings (SSSR count). The summed E-state index contributed by atoms with van der Waals surface area (Å²) < 4.78 is 6.36. The molecular weight excluding hydrogens is 418 g/mol. The van der Waals surface area contributed by atoms with E-state index in [1.165, 1.54) is 0 Å². The van der Waals surface area contributed by atoms with Crippen LogP contribution >= 0.6 is 28.1 Å². The van der Waals surface area contributed by atoms with Crippen molar-refractivity contribution in [2.45, 2.75) is 13.8 Å². The van der Waals surface area contributed by atoms with E-state index in [1.807, 2.05) is 38.1 Å². The Morgan fingerprint density at radius 2 is 1.77 bits per heavy atom. The molecule has 2 aromatic carbocycles. The minimum Gasteiger partial charge on any atom is -0.484 e. The Bertz CT molecular complexity index is 825. The van der Waals surface area contributed by atoms with Crippen molar-refractivity contribution in [1.82, 2.24) is 16.2 Å². The van der Waals surface area contributed by atoms with Crippen LogP contribution < -0.4 is 20.9 Å². The van der Waals surface area contributed by atoms with Crippen LogP contribution in [0.25, 0.3) is 0 Å². The Morgan fingerprint density at radius 1 is 1.08 bits per heavy atom. The molecule has 0 unspecified atom stereocenters. The van der Waals surface area contributed by atoms with Crippen molar-refractivity contribution in [3.63, 3.8) is 0 Å². The minimum atomic E-state index is -0.433. The van der Waals surface area contributed by atoms with Gasteiger partial charge in [0.15, 0.2) is 11.7 Å². The second kappa shape index (κ2) is 9.30. The predicted octanol–water partition coefficient (Wildman–Crippen LogP) is 2.78. The number of halogens is 1. The smallest absolute Gasteiger partial charge is 0.276 e. The topological polar surface area (TPSA) is 79.5 Å². The maximum Gasteiger partial charge on any atom is 0.276 e. The summed E-state index contributed by atoms with van der Waals surface area (Å²) in [4.78, 5) is 23.8. The summed E-state index contributed by atoms with van der Waals surface area (Å²) in [5.74, 6) is -0.216. The van der Waals surface area contributed by atoms with Crippen LogP contribution in [0, 0.1) is 13.8 Å². The van der Waals surface area contributed by atoms with Gasteiger partial charge in [-0.15, -0.1) is 0 Å². The van der Waals surface area contributed by atoms with E-state index in [-0.39, 0.29) is 17.6 Å². The maximum atomic E-state index is 12.0. The van der Waals surface area contributed by atoms with Gasteiger partial charge in [0.05, 0.1) is 0 Å². The number of hydrogen-bond acceptors (Lipinski definition) is 4. The third-order valence-electron chi connectivity index (χ3n) is 3.36. The van der Waals surface area contributed by atoms with Crippen LogP contribution in [0.4, 0.5) is 0 Å². The minimum absolute atomic E-state index is 0.0107. The number of carbonyl (C=O) groups is 2. The molecule has 2 aromatic rings. The Morgan fingerprint density at radius 3 is 2.42 bits per heavy atom. The lowest BCUT2D eigenvalue weighted by Crippen LogP contribution is -2.49. The summed E-state index contributed by atoms with van der Waals surface area (Å²) in [6.07, 6.45) is 0. The van der Waals surface area contributed by atoms with Gasteiger partial charge in [-0.3, -0.25) is 25.8 Å². The average molecular weight is 436 g/mol. The van der Waals surface area contributed by atoms with Crippen LogP contribution in [0.2, 0.25) is 0 Å². The lowest BCUT2D eigenvalue weighted by molar-refractivity contribution is -0.123. The molecule has 0 saturated heterocycles. The maximum absolute atomic E-state index is 12.0. The van der Waals surface area contributed by atoms with E-state index in [1.54, 1.807) is 18.2 Å². The SMILES string of the molecule is Cc1ccc(C(=O)NC(=S)NNC(=O)COc2ccc(Br)c(C)c2)cc1. The first-order valence-corrected chi connectivity index (χ1v) is 8.91. The number of hydrogen-bond donors (Lipinski definition) is 3. The number of aryl methyl sites for hydroxylation is 2. The monoisotopic (exact) mass is 435 g/mol. The zero-order chi connectivity index (χ0) is 19.1. The van der Waals surface area contributed by atoms with Crippen molar-refractivity contribution in [2.75, 3.05) is 6.61 Å². The number of benzene rings is 2. The Balaban J connectivity index is 1.74. The van der Waals surface area contributed by atoms with Crippen LogP contribution in [0.5, 0.6) is 5.75 Å². The Hall–Kier alpha value is -2.45. The predicted molar refractivity (Wildman–Crippen MR) is 107 cm³/mol. The highest BCUT2D eigenvalue weighted by Crippen LogP contribution is 2.21. The lowest BCUT2D eigenvalue weighted by Gasteiger charge is -2.12. The second-order valence-electron chi connectivity index (χ2n) is 5.52. The number of amides is 2. The molecule has 0 aromatic heterocycles. The molecule has 0 saturated carbocycles. The lowest BCUT2D eigenvalue weighted by atomic mass is 10.1. The number of hydrazine groups is 1. The highest BCUT2D eigenvalue weighted by Gasteiger charge is 2.09. The number of nitrogens with one attached hydrogen (secondary N) is 3. The number of ether oxygens (including phenoxy) is 1. The van der Waals surface area contributed by atoms with E-state index >= 15 is 0 Å². The molecule has 0 aliphatic carbocycles. The highest BCUT2D eigenvalue weighted by molar-refractivity contribution is 9.10. The third-order valence-corrected chi connectivity index (χ3v) is 4.45. The van der Waals surface area contributed by atoms with Gasteiger partial charge in [-0.05, 0) is 62.0 Å². The van der Waals surface area contributed by atoms with Crippen LogP contribution in [-0.2, 0) is 4.79 Å². The van der Waals surface area contributed by atoms with Crippen molar-refractivity contribution in [1.29, 1.82) is 0 Å². The second-order valence-corrected chi connectivity index (χ2v) is 6.78. The van der Waals surface area contributed by atoms with Gasteiger partial charge in [0, 0.05) is 10.0 Å². The quantitative estimate of drug-likeness (QED) is 0.508. The molecule has 0 fully saturated rings. The van der Waals surface area contributed by atoms with Gasteiger partial charge >= 0.3 is 0 Å². The first-order chi connectivity index (χ1) is 12.3. The Kier molecular flexibility index (Phi) is 7.11. The van der Waals surface area contributed by atoms with Crippen LogP contribution in [-0.4, -0.2) is 23.5 Å². The molecule has 0 spiro atoms. The van der Waals surface area contributed by atoms with E-state index in [0.29, 0.717) is 11.3 Å². The number of thiocarbonyl (C=S) groups is 1. The van der Waals surface area contributed by atoms with Gasteiger partial charge in [0.1, 0.15) is 5.75 Å². The van der Waals surface area contributed by atoms with Crippen molar-refractivity contribution < 1.29 is 14.3 Å². The van der Waals surface area contributed by atoms with Crippen LogP contribution in [0.15, 0.2) is 46.9 Å². The molecule has 0 aliphatic heterocycles. The molecule has 26 heavy (non-hydrogen) atoms. The van der Waals surface area contributed by atoms with Gasteiger partial charge in [-0.25, -0.2) is 0 Å². The molecule has 0 aliphatic rings. The van der Waals surface area contributed by atoms with E-state index < -0.39 is 5.91 Å². The molecule has 3 N–H and O–H groups in total. The first kappa shape index (κ1) is 19.9. The zero-order valence-electron chi connectivity index (χ0n) is 14.3. The van der Waals surface area contributed by atoms with Crippen LogP contribution in [0.3, 0.4) is 0 Å².